The van der Waals surface area contributed by atoms with E-state index in [1.165, 1.54) is 12.1 Å². The number of carbonyl (C=O) groups is 2. The van der Waals surface area contributed by atoms with Crippen LogP contribution < -0.4 is 15.0 Å². The fourth-order valence-corrected chi connectivity index (χ4v) is 4.66. The first-order chi connectivity index (χ1) is 16.1. The van der Waals surface area contributed by atoms with Crippen LogP contribution in [0.4, 0.5) is 10.1 Å². The van der Waals surface area contributed by atoms with Gasteiger partial charge >= 0.3 is 0 Å². The Bertz CT molecular complexity index is 1170. The Morgan fingerprint density at radius 3 is 2.55 bits per heavy atom. The molecule has 1 fully saturated rings. The minimum atomic E-state index is -0.626. The Labute approximate surface area is 192 Å². The molecule has 1 heterocycles. The SMILES string of the molecule is O=C(CN1C(=O)C2(COc3ccccc3)CC2c2ccccc21)NCCc1ccc(F)cc1. The number of benzene rings is 3. The van der Waals surface area contributed by atoms with E-state index in [0.29, 0.717) is 13.0 Å². The number of nitrogens with one attached hydrogen (secondary N) is 1. The molecule has 0 spiro atoms. The van der Waals surface area contributed by atoms with E-state index < -0.39 is 5.41 Å². The molecule has 5 rings (SSSR count). The van der Waals surface area contributed by atoms with Crippen molar-refractivity contribution in [3.63, 3.8) is 0 Å². The van der Waals surface area contributed by atoms with Gasteiger partial charge in [-0.15, -0.1) is 0 Å². The Kier molecular flexibility index (Phi) is 5.58. The second-order valence-electron chi connectivity index (χ2n) is 8.69. The minimum Gasteiger partial charge on any atom is -0.492 e. The Morgan fingerprint density at radius 2 is 1.76 bits per heavy atom. The standard InChI is InChI=1S/C27H25FN2O3/c28-20-12-10-19(11-13-20)14-15-29-25(31)17-30-24-9-5-4-8-22(24)23-16-27(23,26(30)32)18-33-21-6-2-1-3-7-21/h1-13,23H,14-18H2,(H,29,31). The smallest absolute Gasteiger partial charge is 0.240 e. The zero-order chi connectivity index (χ0) is 22.8. The first kappa shape index (κ1) is 21.2. The number of rotatable bonds is 8. The molecule has 0 bridgehead atoms. The molecule has 3 aromatic rings. The summed E-state index contributed by atoms with van der Waals surface area (Å²) in [5.41, 5.74) is 2.20. The van der Waals surface area contributed by atoms with Gasteiger partial charge in [0.25, 0.3) is 0 Å². The van der Waals surface area contributed by atoms with Gasteiger partial charge in [0.15, 0.2) is 0 Å². The van der Waals surface area contributed by atoms with Crippen LogP contribution in [0, 0.1) is 11.2 Å². The van der Waals surface area contributed by atoms with Gasteiger partial charge in [0.1, 0.15) is 24.7 Å². The van der Waals surface area contributed by atoms with Gasteiger partial charge in [-0.1, -0.05) is 48.5 Å². The maximum absolute atomic E-state index is 13.6. The van der Waals surface area contributed by atoms with Crippen molar-refractivity contribution in [2.45, 2.75) is 18.8 Å². The van der Waals surface area contributed by atoms with Crippen molar-refractivity contribution in [2.75, 3.05) is 24.6 Å². The van der Waals surface area contributed by atoms with E-state index in [2.05, 4.69) is 5.32 Å². The molecule has 2 unspecified atom stereocenters. The molecule has 0 saturated heterocycles. The van der Waals surface area contributed by atoms with Gasteiger partial charge in [0.05, 0.1) is 5.41 Å². The van der Waals surface area contributed by atoms with E-state index in [1.54, 1.807) is 17.0 Å². The fourth-order valence-electron chi connectivity index (χ4n) is 4.66. The highest BCUT2D eigenvalue weighted by Crippen LogP contribution is 2.65. The molecule has 3 aromatic carbocycles. The Balaban J connectivity index is 1.26. The number of amides is 2. The summed E-state index contributed by atoms with van der Waals surface area (Å²) in [7, 11) is 0. The predicted molar refractivity (Wildman–Crippen MR) is 124 cm³/mol. The first-order valence-electron chi connectivity index (χ1n) is 11.2. The Morgan fingerprint density at radius 1 is 1.03 bits per heavy atom. The molecule has 2 atom stereocenters. The molecule has 2 amide bonds. The largest absolute Gasteiger partial charge is 0.492 e. The van der Waals surface area contributed by atoms with Crippen LogP contribution in [0.3, 0.4) is 0 Å². The van der Waals surface area contributed by atoms with Crippen LogP contribution >= 0.6 is 0 Å². The second kappa shape index (κ2) is 8.70. The number of hydrogen-bond acceptors (Lipinski definition) is 3. The van der Waals surface area contributed by atoms with Crippen LogP contribution in [0.15, 0.2) is 78.9 Å². The van der Waals surface area contributed by atoms with Gasteiger partial charge in [-0.2, -0.15) is 0 Å². The summed E-state index contributed by atoms with van der Waals surface area (Å²) in [6.45, 7) is 0.662. The molecule has 168 valence electrons. The zero-order valence-corrected chi connectivity index (χ0v) is 18.2. The molecule has 2 aliphatic rings. The number of para-hydroxylation sites is 2. The van der Waals surface area contributed by atoms with E-state index in [0.717, 1.165) is 29.0 Å². The maximum Gasteiger partial charge on any atom is 0.240 e. The Hall–Kier alpha value is -3.67. The third-order valence-electron chi connectivity index (χ3n) is 6.54. The van der Waals surface area contributed by atoms with E-state index in [1.807, 2.05) is 54.6 Å². The normalized spacial score (nSPS) is 20.6. The highest BCUT2D eigenvalue weighted by molar-refractivity contribution is 6.07. The number of nitrogens with zero attached hydrogens (tertiary/aromatic N) is 1. The van der Waals surface area contributed by atoms with Crippen LogP contribution in [0.5, 0.6) is 5.75 Å². The van der Waals surface area contributed by atoms with E-state index >= 15 is 0 Å². The third kappa shape index (κ3) is 4.21. The molecule has 0 aromatic heterocycles. The predicted octanol–water partition coefficient (Wildman–Crippen LogP) is 4.08. The van der Waals surface area contributed by atoms with Gasteiger partial charge in [-0.05, 0) is 54.3 Å². The summed E-state index contributed by atoms with van der Waals surface area (Å²) in [6.07, 6.45) is 1.31. The van der Waals surface area contributed by atoms with E-state index in [-0.39, 0.29) is 36.7 Å². The average Bonchev–Trinajstić information content (AvgIpc) is 3.59. The topological polar surface area (TPSA) is 58.6 Å². The fraction of sp³-hybridized carbons (Fsp3) is 0.259. The van der Waals surface area contributed by atoms with Gasteiger partial charge in [0, 0.05) is 18.2 Å². The number of ether oxygens (including phenoxy) is 1. The summed E-state index contributed by atoms with van der Waals surface area (Å²) < 4.78 is 19.0. The van der Waals surface area contributed by atoms with Gasteiger partial charge in [0.2, 0.25) is 11.8 Å². The highest BCUT2D eigenvalue weighted by Gasteiger charge is 2.66. The lowest BCUT2D eigenvalue weighted by Crippen LogP contribution is -2.48. The van der Waals surface area contributed by atoms with Gasteiger partial charge < -0.3 is 15.0 Å². The summed E-state index contributed by atoms with van der Waals surface area (Å²) in [6, 6.07) is 23.5. The van der Waals surface area contributed by atoms with Crippen molar-refractivity contribution in [1.82, 2.24) is 5.32 Å². The van der Waals surface area contributed by atoms with Crippen molar-refractivity contribution in [2.24, 2.45) is 5.41 Å². The van der Waals surface area contributed by atoms with Crippen LogP contribution in [0.1, 0.15) is 23.5 Å². The monoisotopic (exact) mass is 444 g/mol. The lowest BCUT2D eigenvalue weighted by atomic mass is 9.92. The summed E-state index contributed by atoms with van der Waals surface area (Å²) >= 11 is 0. The summed E-state index contributed by atoms with van der Waals surface area (Å²) in [5.74, 6) is 0.278. The second-order valence-corrected chi connectivity index (χ2v) is 8.69. The van der Waals surface area contributed by atoms with Gasteiger partial charge in [-0.25, -0.2) is 4.39 Å². The van der Waals surface area contributed by atoms with E-state index in [9.17, 15) is 14.0 Å². The molecular weight excluding hydrogens is 419 g/mol. The van der Waals surface area contributed by atoms with Crippen LogP contribution in [0.2, 0.25) is 0 Å². The summed E-state index contributed by atoms with van der Waals surface area (Å²) in [4.78, 5) is 27.9. The lowest BCUT2D eigenvalue weighted by molar-refractivity contribution is -0.128. The first-order valence-corrected chi connectivity index (χ1v) is 11.2. The maximum atomic E-state index is 13.6. The quantitative estimate of drug-likeness (QED) is 0.570. The van der Waals surface area contributed by atoms with Gasteiger partial charge in [-0.3, -0.25) is 9.59 Å². The number of halogens is 1. The molecule has 1 N–H and O–H groups in total. The average molecular weight is 445 g/mol. The van der Waals surface area contributed by atoms with Crippen LogP contribution in [0.25, 0.3) is 0 Å². The van der Waals surface area contributed by atoms with Crippen molar-refractivity contribution in [3.8, 4) is 5.75 Å². The molecule has 6 heteroatoms. The molecule has 0 radical (unpaired) electrons. The minimum absolute atomic E-state index is 0.0426. The third-order valence-corrected chi connectivity index (χ3v) is 6.54. The molecule has 5 nitrogen and oxygen atoms in total. The van der Waals surface area contributed by atoms with Crippen molar-refractivity contribution in [3.05, 3.63) is 95.8 Å². The zero-order valence-electron chi connectivity index (χ0n) is 18.2. The molecule has 1 saturated carbocycles. The van der Waals surface area contributed by atoms with Crippen molar-refractivity contribution in [1.29, 1.82) is 0 Å². The molecule has 1 aliphatic heterocycles. The number of hydrogen-bond donors (Lipinski definition) is 1. The summed E-state index contributed by atoms with van der Waals surface area (Å²) in [5, 5.41) is 2.89. The van der Waals surface area contributed by atoms with E-state index in [4.69, 9.17) is 4.74 Å². The van der Waals surface area contributed by atoms with Crippen LogP contribution in [-0.4, -0.2) is 31.5 Å². The number of anilines is 1. The lowest BCUT2D eigenvalue weighted by Gasteiger charge is -2.33. The number of carbonyl (C=O) groups excluding carboxylic acids is 2. The van der Waals surface area contributed by atoms with Crippen molar-refractivity contribution >= 4 is 17.5 Å². The van der Waals surface area contributed by atoms with Crippen molar-refractivity contribution < 1.29 is 18.7 Å². The number of fused-ring (bicyclic) bond motifs is 3. The molecule has 1 aliphatic carbocycles. The van der Waals surface area contributed by atoms with Crippen LogP contribution in [-0.2, 0) is 16.0 Å². The highest BCUT2D eigenvalue weighted by atomic mass is 19.1. The molecule has 33 heavy (non-hydrogen) atoms. The molecular formula is C27H25FN2O3.